The van der Waals surface area contributed by atoms with Gasteiger partial charge in [0, 0.05) is 18.4 Å². The number of rotatable bonds is 6. The summed E-state index contributed by atoms with van der Waals surface area (Å²) in [5.74, 6) is 1.07. The molecule has 0 saturated carbocycles. The fraction of sp³-hybridized carbons (Fsp3) is 0.105. The van der Waals surface area contributed by atoms with E-state index in [9.17, 15) is 9.18 Å². The molecule has 0 saturated heterocycles. The van der Waals surface area contributed by atoms with Crippen LogP contribution in [-0.2, 0) is 11.2 Å². The van der Waals surface area contributed by atoms with E-state index in [1.807, 2.05) is 0 Å². The number of nitrogens with zero attached hydrogens (tertiary/aromatic N) is 5. The second kappa shape index (κ2) is 7.78. The number of hydrogen-bond acceptors (Lipinski definition) is 6. The van der Waals surface area contributed by atoms with Crippen LogP contribution in [0.3, 0.4) is 0 Å². The molecule has 0 aliphatic carbocycles. The molecule has 0 radical (unpaired) electrons. The van der Waals surface area contributed by atoms with Gasteiger partial charge in [0.2, 0.25) is 5.91 Å². The molecule has 0 fully saturated rings. The van der Waals surface area contributed by atoms with Crippen LogP contribution in [0.15, 0.2) is 65.9 Å². The molecule has 0 aliphatic heterocycles. The van der Waals surface area contributed by atoms with Crippen molar-refractivity contribution < 1.29 is 13.6 Å². The molecule has 9 heteroatoms. The van der Waals surface area contributed by atoms with E-state index in [-0.39, 0.29) is 18.1 Å². The number of carbonyl (C=O) groups is 1. The molecule has 3 heterocycles. The Balaban J connectivity index is 1.31. The summed E-state index contributed by atoms with van der Waals surface area (Å²) >= 11 is 0. The van der Waals surface area contributed by atoms with Crippen LogP contribution in [0.5, 0.6) is 0 Å². The minimum absolute atomic E-state index is 0.183. The van der Waals surface area contributed by atoms with E-state index in [0.29, 0.717) is 29.6 Å². The molecule has 1 aromatic carbocycles. The average Bonchev–Trinajstić information content (AvgIpc) is 3.40. The minimum Gasteiger partial charge on any atom is -0.441 e. The van der Waals surface area contributed by atoms with Crippen LogP contribution in [0.2, 0.25) is 0 Å². The lowest BCUT2D eigenvalue weighted by Crippen LogP contribution is -2.12. The van der Waals surface area contributed by atoms with Crippen LogP contribution in [0.4, 0.5) is 10.1 Å². The summed E-state index contributed by atoms with van der Waals surface area (Å²) in [7, 11) is 0. The van der Waals surface area contributed by atoms with Crippen LogP contribution >= 0.6 is 0 Å². The average molecular weight is 378 g/mol. The first-order valence-corrected chi connectivity index (χ1v) is 8.49. The number of aryl methyl sites for hydroxylation is 1. The van der Waals surface area contributed by atoms with E-state index in [0.717, 1.165) is 5.56 Å². The van der Waals surface area contributed by atoms with Crippen LogP contribution in [-0.4, -0.2) is 30.6 Å². The summed E-state index contributed by atoms with van der Waals surface area (Å²) in [5, 5.41) is 6.76. The molecule has 0 aliphatic rings. The number of aromatic nitrogens is 5. The number of oxazole rings is 1. The van der Waals surface area contributed by atoms with Crippen molar-refractivity contribution in [3.63, 3.8) is 0 Å². The van der Waals surface area contributed by atoms with E-state index >= 15 is 0 Å². The van der Waals surface area contributed by atoms with Gasteiger partial charge < -0.3 is 9.73 Å². The van der Waals surface area contributed by atoms with E-state index in [1.165, 1.54) is 29.5 Å². The van der Waals surface area contributed by atoms with Gasteiger partial charge in [-0.15, -0.1) is 0 Å². The number of carbonyl (C=O) groups excluding carboxylic acids is 1. The fourth-order valence-corrected chi connectivity index (χ4v) is 2.54. The first kappa shape index (κ1) is 17.5. The second-order valence-electron chi connectivity index (χ2n) is 5.92. The van der Waals surface area contributed by atoms with Gasteiger partial charge in [-0.3, -0.25) is 4.79 Å². The third kappa shape index (κ3) is 4.09. The predicted molar refractivity (Wildman–Crippen MR) is 98.0 cm³/mol. The number of amides is 1. The minimum atomic E-state index is -0.316. The Kier molecular flexibility index (Phi) is 4.87. The molecule has 28 heavy (non-hydrogen) atoms. The number of nitrogens with one attached hydrogen (secondary N) is 1. The molecule has 0 unspecified atom stereocenters. The number of pyridine rings is 1. The van der Waals surface area contributed by atoms with Gasteiger partial charge in [0.1, 0.15) is 18.5 Å². The Morgan fingerprint density at radius 1 is 1.11 bits per heavy atom. The quantitative estimate of drug-likeness (QED) is 0.554. The fourth-order valence-electron chi connectivity index (χ4n) is 2.54. The standard InChI is InChI=1S/C19H15FN6O2/c20-14-3-1-13(2-4-14)16-10-23-19(28-16)8-7-18(27)25-15-5-6-17(22-9-15)26-12-21-11-24-26/h1-6,9-12H,7-8H2,(H,25,27). The predicted octanol–water partition coefficient (Wildman–Crippen LogP) is 3.03. The molecular formula is C19H15FN6O2. The van der Waals surface area contributed by atoms with Crippen LogP contribution in [0, 0.1) is 5.82 Å². The molecule has 1 N–H and O–H groups in total. The van der Waals surface area contributed by atoms with Crippen LogP contribution in [0.1, 0.15) is 12.3 Å². The SMILES string of the molecule is O=C(CCc1ncc(-c2ccc(F)cc2)o1)Nc1ccc(-n2cncn2)nc1. The third-order valence-electron chi connectivity index (χ3n) is 3.93. The summed E-state index contributed by atoms with van der Waals surface area (Å²) in [4.78, 5) is 24.4. The summed E-state index contributed by atoms with van der Waals surface area (Å²) in [6.45, 7) is 0. The van der Waals surface area contributed by atoms with Crippen molar-refractivity contribution in [2.24, 2.45) is 0 Å². The summed E-state index contributed by atoms with van der Waals surface area (Å²) < 4.78 is 20.1. The van der Waals surface area contributed by atoms with Crippen LogP contribution in [0.25, 0.3) is 17.1 Å². The van der Waals surface area contributed by atoms with E-state index in [4.69, 9.17) is 4.42 Å². The second-order valence-corrected chi connectivity index (χ2v) is 5.92. The van der Waals surface area contributed by atoms with Crippen molar-refractivity contribution in [2.75, 3.05) is 5.32 Å². The Morgan fingerprint density at radius 2 is 1.96 bits per heavy atom. The van der Waals surface area contributed by atoms with Crippen molar-refractivity contribution >= 4 is 11.6 Å². The lowest BCUT2D eigenvalue weighted by molar-refractivity contribution is -0.116. The van der Waals surface area contributed by atoms with E-state index in [2.05, 4.69) is 25.4 Å². The normalized spacial score (nSPS) is 10.8. The molecule has 4 rings (SSSR count). The monoisotopic (exact) mass is 378 g/mol. The summed E-state index contributed by atoms with van der Waals surface area (Å²) in [6.07, 6.45) is 6.62. The highest BCUT2D eigenvalue weighted by Crippen LogP contribution is 2.21. The maximum atomic E-state index is 13.0. The van der Waals surface area contributed by atoms with E-state index < -0.39 is 0 Å². The lowest BCUT2D eigenvalue weighted by Gasteiger charge is -2.05. The van der Waals surface area contributed by atoms with Crippen molar-refractivity contribution in [3.8, 4) is 17.1 Å². The zero-order valence-corrected chi connectivity index (χ0v) is 14.6. The molecule has 8 nitrogen and oxygen atoms in total. The first-order chi connectivity index (χ1) is 13.7. The number of halogens is 1. The molecule has 4 aromatic rings. The van der Waals surface area contributed by atoms with Gasteiger partial charge in [-0.05, 0) is 36.4 Å². The highest BCUT2D eigenvalue weighted by atomic mass is 19.1. The zero-order chi connectivity index (χ0) is 19.3. The summed E-state index contributed by atoms with van der Waals surface area (Å²) in [6, 6.07) is 9.40. The molecule has 140 valence electrons. The van der Waals surface area contributed by atoms with Crippen molar-refractivity contribution in [1.82, 2.24) is 24.7 Å². The highest BCUT2D eigenvalue weighted by Gasteiger charge is 2.10. The van der Waals surface area contributed by atoms with Gasteiger partial charge >= 0.3 is 0 Å². The Labute approximate surface area is 159 Å². The zero-order valence-electron chi connectivity index (χ0n) is 14.6. The van der Waals surface area contributed by atoms with Gasteiger partial charge in [0.05, 0.1) is 18.1 Å². The van der Waals surface area contributed by atoms with Crippen molar-refractivity contribution in [2.45, 2.75) is 12.8 Å². The Hall–Kier alpha value is -3.88. The number of benzene rings is 1. The number of anilines is 1. The summed E-state index contributed by atoms with van der Waals surface area (Å²) in [5.41, 5.74) is 1.30. The van der Waals surface area contributed by atoms with Gasteiger partial charge in [0.15, 0.2) is 17.5 Å². The van der Waals surface area contributed by atoms with Crippen molar-refractivity contribution in [1.29, 1.82) is 0 Å². The Morgan fingerprint density at radius 3 is 2.68 bits per heavy atom. The van der Waals surface area contributed by atoms with Gasteiger partial charge in [-0.1, -0.05) is 0 Å². The third-order valence-corrected chi connectivity index (χ3v) is 3.93. The van der Waals surface area contributed by atoms with Crippen LogP contribution < -0.4 is 5.32 Å². The van der Waals surface area contributed by atoms with Crippen molar-refractivity contribution in [3.05, 3.63) is 73.2 Å². The number of hydrogen-bond donors (Lipinski definition) is 1. The largest absolute Gasteiger partial charge is 0.441 e. The maximum absolute atomic E-state index is 13.0. The highest BCUT2D eigenvalue weighted by molar-refractivity contribution is 5.90. The van der Waals surface area contributed by atoms with Gasteiger partial charge in [-0.25, -0.2) is 24.0 Å². The lowest BCUT2D eigenvalue weighted by atomic mass is 10.2. The topological polar surface area (TPSA) is 98.7 Å². The van der Waals surface area contributed by atoms with Gasteiger partial charge in [0.25, 0.3) is 0 Å². The molecular weight excluding hydrogens is 363 g/mol. The first-order valence-electron chi connectivity index (χ1n) is 8.49. The molecule has 0 atom stereocenters. The van der Waals surface area contributed by atoms with Gasteiger partial charge in [-0.2, -0.15) is 5.10 Å². The molecule has 3 aromatic heterocycles. The maximum Gasteiger partial charge on any atom is 0.224 e. The Bertz CT molecular complexity index is 1060. The molecule has 0 bridgehead atoms. The smallest absolute Gasteiger partial charge is 0.224 e. The molecule has 0 spiro atoms. The molecule has 1 amide bonds. The van der Waals surface area contributed by atoms with E-state index in [1.54, 1.807) is 36.7 Å².